The van der Waals surface area contributed by atoms with Crippen molar-refractivity contribution in [2.24, 2.45) is 5.41 Å². The first kappa shape index (κ1) is 23.2. The Morgan fingerprint density at radius 3 is 1.75 bits per heavy atom. The fraction of sp³-hybridized carbons (Fsp3) is 0.320. The van der Waals surface area contributed by atoms with Gasteiger partial charge in [0.1, 0.15) is 0 Å². The van der Waals surface area contributed by atoms with Crippen LogP contribution in [0.2, 0.25) is 0 Å². The second-order valence-electron chi connectivity index (χ2n) is 7.05. The number of hydrogen-bond acceptors (Lipinski definition) is 3. The van der Waals surface area contributed by atoms with Gasteiger partial charge in [-0.05, 0) is 26.3 Å². The van der Waals surface area contributed by atoms with Gasteiger partial charge in [0.05, 0.1) is 17.9 Å². The molecule has 3 rings (SSSR count). The van der Waals surface area contributed by atoms with Crippen molar-refractivity contribution >= 4 is 5.97 Å². The fourth-order valence-electron chi connectivity index (χ4n) is 2.91. The summed E-state index contributed by atoms with van der Waals surface area (Å²) in [5.74, 6) is -0.242. The lowest BCUT2D eigenvalue weighted by Gasteiger charge is -2.36. The number of ether oxygens (including phenoxy) is 1. The number of esters is 1. The number of furan rings is 1. The molecule has 0 saturated heterocycles. The van der Waals surface area contributed by atoms with Crippen molar-refractivity contribution in [1.29, 1.82) is 0 Å². The van der Waals surface area contributed by atoms with E-state index in [1.807, 2.05) is 87.5 Å². The maximum atomic E-state index is 13.1. The average Bonchev–Trinajstić information content (AvgIpc) is 3.22. The molecule has 0 amide bonds. The zero-order valence-corrected chi connectivity index (χ0v) is 15.4. The highest BCUT2D eigenvalue weighted by atomic mass is 16.6. The van der Waals surface area contributed by atoms with Gasteiger partial charge in [-0.15, -0.1) is 0 Å². The summed E-state index contributed by atoms with van der Waals surface area (Å²) < 4.78 is 11.7. The van der Waals surface area contributed by atoms with E-state index in [-0.39, 0.29) is 20.8 Å². The smallest absolute Gasteiger partial charge is 0.313 e. The van der Waals surface area contributed by atoms with E-state index in [9.17, 15) is 4.79 Å². The van der Waals surface area contributed by atoms with Crippen molar-refractivity contribution in [2.75, 3.05) is 0 Å². The molecule has 0 N–H and O–H groups in total. The first-order valence-electron chi connectivity index (χ1n) is 8.88. The average molecular weight is 381 g/mol. The minimum Gasteiger partial charge on any atom is -0.472 e. The Labute approximate surface area is 169 Å². The maximum absolute atomic E-state index is 13.1. The van der Waals surface area contributed by atoms with Crippen LogP contribution in [0.1, 0.15) is 58.7 Å². The molecule has 0 unspecified atom stereocenters. The van der Waals surface area contributed by atoms with Crippen LogP contribution >= 0.6 is 0 Å². The van der Waals surface area contributed by atoms with E-state index < -0.39 is 11.0 Å². The van der Waals surface area contributed by atoms with Crippen molar-refractivity contribution in [3.05, 3.63) is 95.9 Å². The van der Waals surface area contributed by atoms with Crippen LogP contribution < -0.4 is 0 Å². The van der Waals surface area contributed by atoms with Gasteiger partial charge >= 0.3 is 5.97 Å². The van der Waals surface area contributed by atoms with Crippen LogP contribution in [0, 0.1) is 5.41 Å². The number of hydrogen-bond donors (Lipinski definition) is 0. The van der Waals surface area contributed by atoms with Crippen LogP contribution in [0.4, 0.5) is 0 Å². The molecular formula is C25H32O3. The standard InChI is InChI=1S/C23H24O3.2CH4/c1-4-22(2,3)21(24)26-23(20-15-16-25-17-20,18-11-7-5-8-12-18)19-13-9-6-10-14-19;;/h5-17H,4H2,1-3H3;2*1H4. The number of benzene rings is 2. The Balaban J connectivity index is 0.00000196. The molecule has 28 heavy (non-hydrogen) atoms. The Bertz CT molecular complexity index is 795. The molecular weight excluding hydrogens is 348 g/mol. The summed E-state index contributed by atoms with van der Waals surface area (Å²) in [6.45, 7) is 5.81. The molecule has 0 saturated carbocycles. The topological polar surface area (TPSA) is 39.4 Å². The number of carbonyl (C=O) groups excluding carboxylic acids is 1. The summed E-state index contributed by atoms with van der Waals surface area (Å²) in [6, 6.07) is 21.5. The quantitative estimate of drug-likeness (QED) is 0.440. The van der Waals surface area contributed by atoms with Gasteiger partial charge in [0.15, 0.2) is 5.60 Å². The third-order valence-electron chi connectivity index (χ3n) is 4.97. The molecule has 3 aromatic rings. The van der Waals surface area contributed by atoms with E-state index in [0.717, 1.165) is 16.7 Å². The molecule has 2 aromatic carbocycles. The first-order chi connectivity index (χ1) is 12.5. The predicted octanol–water partition coefficient (Wildman–Crippen LogP) is 6.82. The summed E-state index contributed by atoms with van der Waals surface area (Å²) in [5.41, 5.74) is 0.910. The summed E-state index contributed by atoms with van der Waals surface area (Å²) in [5, 5.41) is 0. The molecule has 0 radical (unpaired) electrons. The van der Waals surface area contributed by atoms with Crippen molar-refractivity contribution in [3.8, 4) is 0 Å². The Hall–Kier alpha value is -2.81. The number of carbonyl (C=O) groups is 1. The summed E-state index contributed by atoms with van der Waals surface area (Å²) in [4.78, 5) is 13.1. The highest BCUT2D eigenvalue weighted by Gasteiger charge is 2.44. The SMILES string of the molecule is C.C.CCC(C)(C)C(=O)OC(c1ccccc1)(c1ccccc1)c1ccoc1. The molecule has 0 bridgehead atoms. The van der Waals surface area contributed by atoms with Crippen LogP contribution in [-0.4, -0.2) is 5.97 Å². The second-order valence-corrected chi connectivity index (χ2v) is 7.05. The Morgan fingerprint density at radius 1 is 0.857 bits per heavy atom. The van der Waals surface area contributed by atoms with Crippen molar-refractivity contribution in [3.63, 3.8) is 0 Å². The predicted molar refractivity (Wildman–Crippen MR) is 115 cm³/mol. The molecule has 0 spiro atoms. The van der Waals surface area contributed by atoms with E-state index >= 15 is 0 Å². The van der Waals surface area contributed by atoms with Crippen molar-refractivity contribution in [1.82, 2.24) is 0 Å². The molecule has 1 heterocycles. The highest BCUT2D eigenvalue weighted by molar-refractivity contribution is 5.77. The van der Waals surface area contributed by atoms with Gasteiger partial charge in [0.2, 0.25) is 0 Å². The largest absolute Gasteiger partial charge is 0.472 e. The molecule has 0 fully saturated rings. The van der Waals surface area contributed by atoms with Gasteiger partial charge in [-0.25, -0.2) is 0 Å². The zero-order valence-electron chi connectivity index (χ0n) is 15.4. The van der Waals surface area contributed by atoms with E-state index in [2.05, 4.69) is 0 Å². The molecule has 3 nitrogen and oxygen atoms in total. The van der Waals surface area contributed by atoms with Crippen LogP contribution in [0.5, 0.6) is 0 Å². The third-order valence-corrected chi connectivity index (χ3v) is 4.97. The Morgan fingerprint density at radius 2 is 1.36 bits per heavy atom. The molecule has 0 aliphatic heterocycles. The van der Waals surface area contributed by atoms with E-state index in [1.54, 1.807) is 12.5 Å². The van der Waals surface area contributed by atoms with Gasteiger partial charge in [0, 0.05) is 16.7 Å². The van der Waals surface area contributed by atoms with Gasteiger partial charge in [0.25, 0.3) is 0 Å². The van der Waals surface area contributed by atoms with Crippen LogP contribution in [0.25, 0.3) is 0 Å². The van der Waals surface area contributed by atoms with E-state index in [4.69, 9.17) is 9.15 Å². The van der Waals surface area contributed by atoms with Gasteiger partial charge in [-0.2, -0.15) is 0 Å². The minimum absolute atomic E-state index is 0. The maximum Gasteiger partial charge on any atom is 0.313 e. The second kappa shape index (κ2) is 9.41. The molecule has 150 valence electrons. The minimum atomic E-state index is -1.06. The summed E-state index contributed by atoms with van der Waals surface area (Å²) >= 11 is 0. The summed E-state index contributed by atoms with van der Waals surface area (Å²) in [7, 11) is 0. The Kier molecular flexibility index (Phi) is 7.80. The third kappa shape index (κ3) is 4.19. The van der Waals surface area contributed by atoms with Crippen LogP contribution in [0.15, 0.2) is 83.7 Å². The molecule has 0 atom stereocenters. The number of rotatable bonds is 6. The van der Waals surface area contributed by atoms with Crippen LogP contribution in [0.3, 0.4) is 0 Å². The molecule has 3 heteroatoms. The lowest BCUT2D eigenvalue weighted by molar-refractivity contribution is -0.164. The first-order valence-corrected chi connectivity index (χ1v) is 8.88. The zero-order chi connectivity index (χ0) is 18.6. The van der Waals surface area contributed by atoms with Crippen LogP contribution in [-0.2, 0) is 15.1 Å². The normalized spacial score (nSPS) is 11.1. The van der Waals surface area contributed by atoms with Gasteiger partial charge < -0.3 is 9.15 Å². The molecule has 1 aromatic heterocycles. The van der Waals surface area contributed by atoms with Gasteiger partial charge in [-0.1, -0.05) is 82.4 Å². The van der Waals surface area contributed by atoms with E-state index in [1.165, 1.54) is 0 Å². The monoisotopic (exact) mass is 380 g/mol. The van der Waals surface area contributed by atoms with Gasteiger partial charge in [-0.3, -0.25) is 4.79 Å². The highest BCUT2D eigenvalue weighted by Crippen LogP contribution is 2.42. The lowest BCUT2D eigenvalue weighted by atomic mass is 9.80. The lowest BCUT2D eigenvalue weighted by Crippen LogP contribution is -2.39. The van der Waals surface area contributed by atoms with Crippen molar-refractivity contribution in [2.45, 2.75) is 47.6 Å². The molecule has 0 aliphatic rings. The van der Waals surface area contributed by atoms with E-state index in [0.29, 0.717) is 6.42 Å². The fourth-order valence-corrected chi connectivity index (χ4v) is 2.91. The molecule has 0 aliphatic carbocycles. The summed E-state index contributed by atoms with van der Waals surface area (Å²) in [6.07, 6.45) is 3.94. The van der Waals surface area contributed by atoms with Crippen molar-refractivity contribution < 1.29 is 13.9 Å².